The first-order chi connectivity index (χ1) is 28.4. The largest absolute Gasteiger partial charge is 0.483 e. The van der Waals surface area contributed by atoms with E-state index in [0.717, 1.165) is 66.5 Å². The SMILES string of the molecule is CN(C)C(=O)COc1ccccc1C1CCN(CCC(CN(C)C(=O)c2cc(C#N)cc3ccccc23)c2ccc(Cl)c(Cl)c2)CC1.O=C(O)CC(O)(CC(=O)O)C(=O)O. The van der Waals surface area contributed by atoms with E-state index in [2.05, 4.69) is 17.0 Å². The first-order valence-corrected chi connectivity index (χ1v) is 19.8. The molecule has 4 aromatic rings. The molecule has 1 saturated heterocycles. The number of carbonyl (C=O) groups is 5. The van der Waals surface area contributed by atoms with Crippen molar-refractivity contribution in [2.75, 3.05) is 53.9 Å². The van der Waals surface area contributed by atoms with Crippen molar-refractivity contribution in [3.63, 3.8) is 0 Å². The number of aliphatic hydroxyl groups is 1. The number of halogens is 2. The number of aliphatic carboxylic acids is 3. The molecule has 2 amide bonds. The molecule has 0 bridgehead atoms. The average molecular weight is 864 g/mol. The van der Waals surface area contributed by atoms with Crippen LogP contribution in [0, 0.1) is 11.3 Å². The number of amides is 2. The zero-order valence-corrected chi connectivity index (χ0v) is 35.0. The lowest BCUT2D eigenvalue weighted by Crippen LogP contribution is -2.42. The summed E-state index contributed by atoms with van der Waals surface area (Å²) in [6, 6.07) is 27.1. The summed E-state index contributed by atoms with van der Waals surface area (Å²) in [5, 5.41) is 46.1. The molecule has 14 nitrogen and oxygen atoms in total. The number of rotatable bonds is 16. The molecule has 5 rings (SSSR count). The lowest BCUT2D eigenvalue weighted by atomic mass is 9.88. The third-order valence-electron chi connectivity index (χ3n) is 10.4. The molecule has 1 unspecified atom stereocenters. The number of para-hydroxylation sites is 1. The summed E-state index contributed by atoms with van der Waals surface area (Å²) < 4.78 is 5.94. The van der Waals surface area contributed by atoms with Gasteiger partial charge in [0.2, 0.25) is 0 Å². The Hall–Kier alpha value is -5.72. The molecular weight excluding hydrogens is 815 g/mol. The summed E-state index contributed by atoms with van der Waals surface area (Å²) >= 11 is 12.7. The molecule has 1 aliphatic rings. The summed E-state index contributed by atoms with van der Waals surface area (Å²) in [4.78, 5) is 62.2. The number of nitriles is 1. The standard InChI is InChI=1S/C38H40Cl2N4O3.C6H8O7/c1-42(2)37(45)25-47-36-11-7-6-10-32(36)27-14-17-44(18-15-27)19-16-30(28-12-13-34(39)35(40)22-28)24-43(3)38(46)33-21-26(23-41)20-29-8-4-5-9-31(29)33;7-3(8)1-6(13,5(11)12)2-4(9)10/h4-13,20-22,27,30H,14-19,24-25H2,1-3H3;13H,1-2H2,(H,7,8)(H,9,10)(H,11,12). The van der Waals surface area contributed by atoms with E-state index in [1.807, 2.05) is 73.8 Å². The van der Waals surface area contributed by atoms with Gasteiger partial charge in [-0.1, -0.05) is 71.7 Å². The monoisotopic (exact) mass is 862 g/mol. The number of benzene rings is 4. The second-order valence-electron chi connectivity index (χ2n) is 14.9. The van der Waals surface area contributed by atoms with Gasteiger partial charge in [-0.05, 0) is 97.0 Å². The van der Waals surface area contributed by atoms with Crippen molar-refractivity contribution in [2.45, 2.75) is 49.5 Å². The van der Waals surface area contributed by atoms with Crippen LogP contribution in [0.2, 0.25) is 10.0 Å². The maximum absolute atomic E-state index is 13.9. The van der Waals surface area contributed by atoms with Crippen molar-refractivity contribution in [2.24, 2.45) is 0 Å². The van der Waals surface area contributed by atoms with Crippen LogP contribution in [-0.2, 0) is 19.2 Å². The van der Waals surface area contributed by atoms with Crippen LogP contribution in [0.5, 0.6) is 5.75 Å². The van der Waals surface area contributed by atoms with Gasteiger partial charge in [-0.3, -0.25) is 19.2 Å². The van der Waals surface area contributed by atoms with Gasteiger partial charge in [0.25, 0.3) is 11.8 Å². The van der Waals surface area contributed by atoms with Crippen molar-refractivity contribution in [3.8, 4) is 11.8 Å². The van der Waals surface area contributed by atoms with Gasteiger partial charge in [0, 0.05) is 39.2 Å². The molecule has 0 aromatic heterocycles. The molecular formula is C44H48Cl2N4O10. The van der Waals surface area contributed by atoms with Crippen LogP contribution in [0.4, 0.5) is 0 Å². The van der Waals surface area contributed by atoms with Crippen molar-refractivity contribution in [1.29, 1.82) is 5.26 Å². The molecule has 16 heteroatoms. The van der Waals surface area contributed by atoms with E-state index in [0.29, 0.717) is 33.6 Å². The maximum Gasteiger partial charge on any atom is 0.336 e. The molecule has 0 spiro atoms. The van der Waals surface area contributed by atoms with E-state index in [1.54, 1.807) is 25.1 Å². The molecule has 1 fully saturated rings. The minimum absolute atomic E-state index is 0.0187. The van der Waals surface area contributed by atoms with E-state index in [-0.39, 0.29) is 24.3 Å². The number of likely N-dealkylation sites (tertiary alicyclic amines) is 1. The van der Waals surface area contributed by atoms with Crippen LogP contribution in [0.15, 0.2) is 78.9 Å². The molecule has 4 N–H and O–H groups in total. The van der Waals surface area contributed by atoms with E-state index in [4.69, 9.17) is 48.4 Å². The summed E-state index contributed by atoms with van der Waals surface area (Å²) in [6.07, 6.45) is 0.509. The van der Waals surface area contributed by atoms with Gasteiger partial charge >= 0.3 is 17.9 Å². The highest BCUT2D eigenvalue weighted by molar-refractivity contribution is 6.42. The molecule has 60 heavy (non-hydrogen) atoms. The summed E-state index contributed by atoms with van der Waals surface area (Å²) in [5.41, 5.74) is 0.425. The van der Waals surface area contributed by atoms with Crippen LogP contribution in [0.3, 0.4) is 0 Å². The summed E-state index contributed by atoms with van der Waals surface area (Å²) in [5.74, 6) is -4.06. The van der Waals surface area contributed by atoms with Crippen LogP contribution < -0.4 is 4.74 Å². The zero-order chi connectivity index (χ0) is 44.1. The summed E-state index contributed by atoms with van der Waals surface area (Å²) in [6.45, 7) is 3.24. The number of carbonyl (C=O) groups excluding carboxylic acids is 2. The Bertz CT molecular complexity index is 2220. The van der Waals surface area contributed by atoms with Gasteiger partial charge in [-0.15, -0.1) is 0 Å². The number of carboxylic acids is 3. The quantitative estimate of drug-likeness (QED) is 0.0970. The van der Waals surface area contributed by atoms with E-state index >= 15 is 0 Å². The lowest BCUT2D eigenvalue weighted by molar-refractivity contribution is -0.170. The van der Waals surface area contributed by atoms with E-state index in [9.17, 15) is 29.2 Å². The highest BCUT2D eigenvalue weighted by Crippen LogP contribution is 2.35. The second kappa shape index (κ2) is 21.5. The number of hydrogen-bond donors (Lipinski definition) is 4. The fourth-order valence-corrected chi connectivity index (χ4v) is 7.35. The average Bonchev–Trinajstić information content (AvgIpc) is 3.21. The van der Waals surface area contributed by atoms with Gasteiger partial charge in [-0.2, -0.15) is 5.26 Å². The number of ether oxygens (including phenoxy) is 1. The first-order valence-electron chi connectivity index (χ1n) is 19.1. The normalized spacial score (nSPS) is 13.6. The Morgan fingerprint density at radius 3 is 2.12 bits per heavy atom. The number of likely N-dealkylation sites (N-methyl/N-ethyl adjacent to an activating group) is 2. The number of piperidine rings is 1. The molecule has 1 aliphatic heterocycles. The van der Waals surface area contributed by atoms with Crippen molar-refractivity contribution in [1.82, 2.24) is 14.7 Å². The van der Waals surface area contributed by atoms with Crippen molar-refractivity contribution >= 4 is 63.7 Å². The molecule has 1 heterocycles. The second-order valence-corrected chi connectivity index (χ2v) is 15.7. The minimum atomic E-state index is -2.74. The predicted octanol–water partition coefficient (Wildman–Crippen LogP) is 6.36. The van der Waals surface area contributed by atoms with Gasteiger partial charge < -0.3 is 39.9 Å². The Morgan fingerprint density at radius 2 is 1.52 bits per heavy atom. The predicted molar refractivity (Wildman–Crippen MR) is 226 cm³/mol. The third kappa shape index (κ3) is 12.9. The fourth-order valence-electron chi connectivity index (χ4n) is 7.04. The van der Waals surface area contributed by atoms with E-state index < -0.39 is 36.4 Å². The Labute approximate surface area is 358 Å². The maximum atomic E-state index is 13.9. The highest BCUT2D eigenvalue weighted by atomic mass is 35.5. The van der Waals surface area contributed by atoms with Crippen molar-refractivity contribution in [3.05, 3.63) is 111 Å². The zero-order valence-electron chi connectivity index (χ0n) is 33.5. The third-order valence-corrected chi connectivity index (χ3v) is 11.1. The van der Waals surface area contributed by atoms with Gasteiger partial charge in [-0.25, -0.2) is 4.79 Å². The molecule has 1 atom stereocenters. The molecule has 4 aromatic carbocycles. The van der Waals surface area contributed by atoms with Crippen LogP contribution in [-0.4, -0.2) is 124 Å². The number of nitrogens with zero attached hydrogens (tertiary/aromatic N) is 4. The van der Waals surface area contributed by atoms with Crippen LogP contribution in [0.25, 0.3) is 10.8 Å². The number of hydrogen-bond acceptors (Lipinski definition) is 9. The minimum Gasteiger partial charge on any atom is -0.483 e. The molecule has 0 aliphatic carbocycles. The van der Waals surface area contributed by atoms with E-state index in [1.165, 1.54) is 4.90 Å². The number of fused-ring (bicyclic) bond motifs is 1. The van der Waals surface area contributed by atoms with Gasteiger partial charge in [0.1, 0.15) is 5.75 Å². The first kappa shape index (κ1) is 47.0. The Kier molecular flexibility index (Phi) is 16.8. The Balaban J connectivity index is 0.000000526. The van der Waals surface area contributed by atoms with Gasteiger partial charge in [0.05, 0.1) is 34.5 Å². The molecule has 318 valence electrons. The molecule has 0 radical (unpaired) electrons. The fraction of sp³-hybridized carbons (Fsp3) is 0.364. The van der Waals surface area contributed by atoms with Crippen LogP contribution >= 0.6 is 23.2 Å². The number of carboxylic acid groups (broad SMARTS) is 3. The van der Waals surface area contributed by atoms with Gasteiger partial charge in [0.15, 0.2) is 12.2 Å². The van der Waals surface area contributed by atoms with Crippen LogP contribution in [0.1, 0.15) is 71.0 Å². The summed E-state index contributed by atoms with van der Waals surface area (Å²) in [7, 11) is 5.27. The topological polar surface area (TPSA) is 209 Å². The Morgan fingerprint density at radius 1 is 0.883 bits per heavy atom. The highest BCUT2D eigenvalue weighted by Gasteiger charge is 2.40. The lowest BCUT2D eigenvalue weighted by Gasteiger charge is -2.34. The smallest absolute Gasteiger partial charge is 0.336 e. The van der Waals surface area contributed by atoms with Crippen molar-refractivity contribution < 1.29 is 49.1 Å². The molecule has 0 saturated carbocycles.